The lowest BCUT2D eigenvalue weighted by atomic mass is 9.98. The molecule has 11 heteroatoms. The van der Waals surface area contributed by atoms with Crippen LogP contribution in [0.5, 0.6) is 0 Å². The summed E-state index contributed by atoms with van der Waals surface area (Å²) < 4.78 is 21.7. The Hall–Kier alpha value is -0.440. The minimum absolute atomic E-state index is 0.316. The molecule has 11 nitrogen and oxygen atoms in total. The van der Waals surface area contributed by atoms with Gasteiger partial charge in [0.1, 0.15) is 48.8 Å². The Bertz CT molecular complexity index is 494. The van der Waals surface area contributed by atoms with Crippen LogP contribution in [-0.2, 0) is 18.9 Å². The highest BCUT2D eigenvalue weighted by Crippen LogP contribution is 2.26. The SMILES string of the molecule is CCCCCCCCOC1OC(COC2OC(CO)C(O)C(O)C2O)C(O)C(O)C1O. The van der Waals surface area contributed by atoms with E-state index >= 15 is 0 Å². The molecule has 0 aromatic carbocycles. The van der Waals surface area contributed by atoms with Crippen LogP contribution in [0.4, 0.5) is 0 Å². The summed E-state index contributed by atoms with van der Waals surface area (Å²) in [4.78, 5) is 0. The molecule has 0 aromatic rings. The predicted molar refractivity (Wildman–Crippen MR) is 106 cm³/mol. The second-order valence-corrected chi connectivity index (χ2v) is 8.18. The molecule has 2 heterocycles. The molecular weight excluding hydrogens is 416 g/mol. The molecule has 2 fully saturated rings. The Kier molecular flexibility index (Phi) is 11.5. The van der Waals surface area contributed by atoms with Gasteiger partial charge >= 0.3 is 0 Å². The summed E-state index contributed by atoms with van der Waals surface area (Å²) in [6, 6.07) is 0. The van der Waals surface area contributed by atoms with E-state index in [0.29, 0.717) is 6.61 Å². The molecule has 10 unspecified atom stereocenters. The molecule has 0 aliphatic carbocycles. The first-order valence-corrected chi connectivity index (χ1v) is 11.0. The molecule has 0 amide bonds. The zero-order chi connectivity index (χ0) is 23.0. The molecule has 0 aromatic heterocycles. The van der Waals surface area contributed by atoms with E-state index in [1.807, 2.05) is 0 Å². The maximum Gasteiger partial charge on any atom is 0.186 e. The fourth-order valence-electron chi connectivity index (χ4n) is 3.67. The zero-order valence-electron chi connectivity index (χ0n) is 17.9. The summed E-state index contributed by atoms with van der Waals surface area (Å²) in [6.07, 6.45) is -7.70. The molecule has 2 aliphatic rings. The van der Waals surface area contributed by atoms with Gasteiger partial charge in [-0.2, -0.15) is 0 Å². The molecule has 10 atom stereocenters. The number of ether oxygens (including phenoxy) is 4. The highest BCUT2D eigenvalue weighted by atomic mass is 16.7. The smallest absolute Gasteiger partial charge is 0.186 e. The standard InChI is InChI=1S/C20H38O11/c1-2-3-4-5-6-7-8-28-19-17(26)16(25)14(23)12(31-19)10-29-20-18(27)15(24)13(22)11(9-21)30-20/h11-27H,2-10H2,1H3. The lowest BCUT2D eigenvalue weighted by Gasteiger charge is -2.42. The maximum atomic E-state index is 10.2. The van der Waals surface area contributed by atoms with Gasteiger partial charge in [0, 0.05) is 6.61 Å². The van der Waals surface area contributed by atoms with Crippen molar-refractivity contribution in [2.24, 2.45) is 0 Å². The highest BCUT2D eigenvalue weighted by molar-refractivity contribution is 4.91. The van der Waals surface area contributed by atoms with E-state index in [2.05, 4.69) is 6.92 Å². The van der Waals surface area contributed by atoms with E-state index in [1.165, 1.54) is 6.42 Å². The lowest BCUT2D eigenvalue weighted by molar-refractivity contribution is -0.331. The van der Waals surface area contributed by atoms with Crippen molar-refractivity contribution in [3.05, 3.63) is 0 Å². The molecule has 2 aliphatic heterocycles. The fraction of sp³-hybridized carbons (Fsp3) is 1.00. The van der Waals surface area contributed by atoms with Gasteiger partial charge in [-0.05, 0) is 6.42 Å². The summed E-state index contributed by atoms with van der Waals surface area (Å²) in [5.74, 6) is 0. The molecule has 2 rings (SSSR count). The predicted octanol–water partition coefficient (Wildman–Crippen LogP) is -2.01. The summed E-state index contributed by atoms with van der Waals surface area (Å²) in [5.41, 5.74) is 0. The van der Waals surface area contributed by atoms with E-state index in [1.54, 1.807) is 0 Å². The van der Waals surface area contributed by atoms with Crippen LogP contribution in [0.1, 0.15) is 45.4 Å². The van der Waals surface area contributed by atoms with Crippen molar-refractivity contribution in [2.75, 3.05) is 19.8 Å². The van der Waals surface area contributed by atoms with Gasteiger partial charge in [0.15, 0.2) is 12.6 Å². The largest absolute Gasteiger partial charge is 0.394 e. The van der Waals surface area contributed by atoms with Crippen LogP contribution in [0.3, 0.4) is 0 Å². The van der Waals surface area contributed by atoms with Gasteiger partial charge in [0.05, 0.1) is 13.2 Å². The van der Waals surface area contributed by atoms with Crippen molar-refractivity contribution in [3.63, 3.8) is 0 Å². The summed E-state index contributed by atoms with van der Waals surface area (Å²) >= 11 is 0. The first kappa shape index (κ1) is 26.8. The van der Waals surface area contributed by atoms with E-state index in [-0.39, 0.29) is 6.61 Å². The van der Waals surface area contributed by atoms with E-state index in [0.717, 1.165) is 32.1 Å². The number of unbranched alkanes of at least 4 members (excludes halogenated alkanes) is 5. The van der Waals surface area contributed by atoms with Gasteiger partial charge in [-0.1, -0.05) is 39.0 Å². The molecule has 7 N–H and O–H groups in total. The van der Waals surface area contributed by atoms with Crippen LogP contribution in [0.15, 0.2) is 0 Å². The second-order valence-electron chi connectivity index (χ2n) is 8.18. The van der Waals surface area contributed by atoms with Crippen molar-refractivity contribution in [3.8, 4) is 0 Å². The number of aliphatic hydroxyl groups excluding tert-OH is 7. The molecule has 0 bridgehead atoms. The molecule has 2 saturated heterocycles. The fourth-order valence-corrected chi connectivity index (χ4v) is 3.67. The summed E-state index contributed by atoms with van der Waals surface area (Å²) in [5, 5.41) is 69.3. The normalized spacial score (nSPS) is 41.4. The zero-order valence-corrected chi connectivity index (χ0v) is 17.9. The van der Waals surface area contributed by atoms with Crippen LogP contribution in [-0.4, -0.2) is 117 Å². The van der Waals surface area contributed by atoms with Crippen LogP contribution < -0.4 is 0 Å². The van der Waals surface area contributed by atoms with E-state index in [9.17, 15) is 35.7 Å². The van der Waals surface area contributed by atoms with Crippen molar-refractivity contribution in [1.82, 2.24) is 0 Å². The highest BCUT2D eigenvalue weighted by Gasteiger charge is 2.47. The van der Waals surface area contributed by atoms with Crippen LogP contribution in [0, 0.1) is 0 Å². The first-order chi connectivity index (χ1) is 14.8. The Morgan fingerprint density at radius 3 is 1.74 bits per heavy atom. The average molecular weight is 455 g/mol. The van der Waals surface area contributed by atoms with Crippen molar-refractivity contribution in [2.45, 2.75) is 107 Å². The van der Waals surface area contributed by atoms with Gasteiger partial charge in [-0.25, -0.2) is 0 Å². The van der Waals surface area contributed by atoms with Gasteiger partial charge in [0.25, 0.3) is 0 Å². The number of aliphatic hydroxyl groups is 7. The number of rotatable bonds is 12. The molecule has 184 valence electrons. The third kappa shape index (κ3) is 7.27. The van der Waals surface area contributed by atoms with Gasteiger partial charge < -0.3 is 54.7 Å². The quantitative estimate of drug-likeness (QED) is 0.162. The third-order valence-corrected chi connectivity index (χ3v) is 5.72. The summed E-state index contributed by atoms with van der Waals surface area (Å²) in [7, 11) is 0. The molecule has 0 saturated carbocycles. The number of hydrogen-bond donors (Lipinski definition) is 7. The average Bonchev–Trinajstić information content (AvgIpc) is 2.77. The maximum absolute atomic E-state index is 10.2. The van der Waals surface area contributed by atoms with Crippen LogP contribution in [0.25, 0.3) is 0 Å². The lowest BCUT2D eigenvalue weighted by Crippen LogP contribution is -2.61. The van der Waals surface area contributed by atoms with Crippen molar-refractivity contribution < 1.29 is 54.7 Å². The minimum atomic E-state index is -1.60. The Labute approximate surface area is 182 Å². The second kappa shape index (κ2) is 13.3. The van der Waals surface area contributed by atoms with Crippen LogP contribution in [0.2, 0.25) is 0 Å². The first-order valence-electron chi connectivity index (χ1n) is 11.0. The molecule has 0 spiro atoms. The Balaban J connectivity index is 1.83. The van der Waals surface area contributed by atoms with E-state index in [4.69, 9.17) is 18.9 Å². The van der Waals surface area contributed by atoms with Crippen molar-refractivity contribution >= 4 is 0 Å². The monoisotopic (exact) mass is 454 g/mol. The van der Waals surface area contributed by atoms with Crippen LogP contribution >= 0.6 is 0 Å². The Morgan fingerprint density at radius 2 is 1.13 bits per heavy atom. The summed E-state index contributed by atoms with van der Waals surface area (Å²) in [6.45, 7) is 1.48. The third-order valence-electron chi connectivity index (χ3n) is 5.72. The topological polar surface area (TPSA) is 179 Å². The minimum Gasteiger partial charge on any atom is -0.394 e. The molecule has 31 heavy (non-hydrogen) atoms. The molecule has 0 radical (unpaired) electrons. The number of hydrogen-bond acceptors (Lipinski definition) is 11. The van der Waals surface area contributed by atoms with E-state index < -0.39 is 68.0 Å². The molecular formula is C20H38O11. The van der Waals surface area contributed by atoms with Gasteiger partial charge in [-0.15, -0.1) is 0 Å². The van der Waals surface area contributed by atoms with Crippen molar-refractivity contribution in [1.29, 1.82) is 0 Å². The van der Waals surface area contributed by atoms with Gasteiger partial charge in [0.2, 0.25) is 0 Å². The Morgan fingerprint density at radius 1 is 0.613 bits per heavy atom. The van der Waals surface area contributed by atoms with Gasteiger partial charge in [-0.3, -0.25) is 0 Å².